The quantitative estimate of drug-likeness (QED) is 0.431. The van der Waals surface area contributed by atoms with Gasteiger partial charge in [-0.05, 0) is 30.2 Å². The third-order valence-electron chi connectivity index (χ3n) is 4.75. The molecule has 7 heteroatoms. The number of hydrogen-bond donors (Lipinski definition) is 2. The van der Waals surface area contributed by atoms with E-state index in [0.717, 1.165) is 27.6 Å². The second-order valence-corrected chi connectivity index (χ2v) is 7.06. The highest BCUT2D eigenvalue weighted by molar-refractivity contribution is 5.91. The van der Waals surface area contributed by atoms with Crippen molar-refractivity contribution in [2.75, 3.05) is 13.7 Å². The first-order valence-electron chi connectivity index (χ1n) is 9.80. The van der Waals surface area contributed by atoms with Gasteiger partial charge in [0.05, 0.1) is 7.11 Å². The van der Waals surface area contributed by atoms with Crippen molar-refractivity contribution in [1.82, 2.24) is 10.3 Å². The number of aryl methyl sites for hydroxylation is 1. The lowest BCUT2D eigenvalue weighted by Crippen LogP contribution is -2.44. The summed E-state index contributed by atoms with van der Waals surface area (Å²) >= 11 is 0. The molecule has 0 aliphatic heterocycles. The molecule has 160 valence electrons. The predicted molar refractivity (Wildman–Crippen MR) is 117 cm³/mol. The molecular weight excluding hydrogens is 396 g/mol. The Hall–Kier alpha value is -3.87. The van der Waals surface area contributed by atoms with E-state index >= 15 is 0 Å². The fraction of sp³-hybridized carbons (Fsp3) is 0.208. The van der Waals surface area contributed by atoms with Crippen molar-refractivity contribution in [3.8, 4) is 0 Å². The molecule has 0 fully saturated rings. The number of methoxy groups -OCH3 is 1. The molecule has 3 aromatic rings. The molecule has 1 amide bonds. The summed E-state index contributed by atoms with van der Waals surface area (Å²) in [6, 6.07) is 14.4. The zero-order valence-electron chi connectivity index (χ0n) is 17.4. The second-order valence-electron chi connectivity index (χ2n) is 7.06. The predicted octanol–water partition coefficient (Wildman–Crippen LogP) is 2.93. The van der Waals surface area contributed by atoms with Crippen molar-refractivity contribution < 1.29 is 23.9 Å². The number of fused-ring (bicyclic) bond motifs is 1. The number of esters is 2. The Labute approximate surface area is 180 Å². The van der Waals surface area contributed by atoms with Gasteiger partial charge in [0, 0.05) is 29.6 Å². The van der Waals surface area contributed by atoms with E-state index in [9.17, 15) is 14.4 Å². The number of aromatic nitrogens is 1. The molecule has 0 aliphatic rings. The summed E-state index contributed by atoms with van der Waals surface area (Å²) in [5.74, 6) is -1.82. The molecule has 0 aliphatic carbocycles. The van der Waals surface area contributed by atoms with Gasteiger partial charge in [0.25, 0.3) is 5.91 Å². The standard InChI is InChI=1S/C24H24N2O5/c1-16-7-9-17(10-8-16)11-12-23(28)31-15-22(27)26-21(24(29)30-2)13-18-14-25-20-6-4-3-5-19(18)20/h3-12,14,21,25H,13,15H2,1-2H3,(H,26,27)/b12-11+/t21-/m0/s1. The van der Waals surface area contributed by atoms with Crippen molar-refractivity contribution in [2.45, 2.75) is 19.4 Å². The van der Waals surface area contributed by atoms with Crippen LogP contribution in [-0.2, 0) is 30.3 Å². The lowest BCUT2D eigenvalue weighted by atomic mass is 10.0. The topological polar surface area (TPSA) is 97.5 Å². The van der Waals surface area contributed by atoms with Gasteiger partial charge in [-0.3, -0.25) is 4.79 Å². The van der Waals surface area contributed by atoms with Crippen LogP contribution >= 0.6 is 0 Å². The molecular formula is C24H24N2O5. The summed E-state index contributed by atoms with van der Waals surface area (Å²) < 4.78 is 9.79. The van der Waals surface area contributed by atoms with Gasteiger partial charge >= 0.3 is 11.9 Å². The highest BCUT2D eigenvalue weighted by Crippen LogP contribution is 2.19. The van der Waals surface area contributed by atoms with Crippen LogP contribution in [-0.4, -0.2) is 42.6 Å². The Morgan fingerprint density at radius 1 is 1.10 bits per heavy atom. The third-order valence-corrected chi connectivity index (χ3v) is 4.75. The molecule has 3 rings (SSSR count). The van der Waals surface area contributed by atoms with Crippen LogP contribution in [0.15, 0.2) is 60.8 Å². The molecule has 0 spiro atoms. The van der Waals surface area contributed by atoms with Crippen molar-refractivity contribution in [3.05, 3.63) is 77.5 Å². The van der Waals surface area contributed by atoms with Crippen LogP contribution in [0.3, 0.4) is 0 Å². The smallest absolute Gasteiger partial charge is 0.331 e. The second kappa shape index (κ2) is 10.2. The number of benzene rings is 2. The molecule has 0 bridgehead atoms. The van der Waals surface area contributed by atoms with Crippen LogP contribution in [0.1, 0.15) is 16.7 Å². The van der Waals surface area contributed by atoms with Crippen LogP contribution in [0.25, 0.3) is 17.0 Å². The molecule has 7 nitrogen and oxygen atoms in total. The van der Waals surface area contributed by atoms with E-state index < -0.39 is 30.5 Å². The van der Waals surface area contributed by atoms with Gasteiger partial charge < -0.3 is 19.8 Å². The minimum absolute atomic E-state index is 0.240. The van der Waals surface area contributed by atoms with E-state index in [-0.39, 0.29) is 6.42 Å². The largest absolute Gasteiger partial charge is 0.467 e. The van der Waals surface area contributed by atoms with Gasteiger partial charge in [0.15, 0.2) is 6.61 Å². The lowest BCUT2D eigenvalue weighted by molar-refractivity contribution is -0.147. The summed E-state index contributed by atoms with van der Waals surface area (Å²) in [4.78, 5) is 39.4. The summed E-state index contributed by atoms with van der Waals surface area (Å²) in [5, 5.41) is 3.53. The van der Waals surface area contributed by atoms with E-state index in [1.54, 1.807) is 12.3 Å². The molecule has 1 atom stereocenters. The maximum absolute atomic E-state index is 12.3. The molecule has 31 heavy (non-hydrogen) atoms. The number of carbonyl (C=O) groups excluding carboxylic acids is 3. The SMILES string of the molecule is COC(=O)[C@H](Cc1c[nH]c2ccccc12)NC(=O)COC(=O)/C=C/c1ccc(C)cc1. The monoisotopic (exact) mass is 420 g/mol. The van der Waals surface area contributed by atoms with Crippen molar-refractivity contribution in [3.63, 3.8) is 0 Å². The van der Waals surface area contributed by atoms with E-state index in [1.165, 1.54) is 13.2 Å². The van der Waals surface area contributed by atoms with Gasteiger partial charge in [-0.2, -0.15) is 0 Å². The summed E-state index contributed by atoms with van der Waals surface area (Å²) in [6.45, 7) is 1.47. The van der Waals surface area contributed by atoms with Crippen LogP contribution in [0.2, 0.25) is 0 Å². The molecule has 1 heterocycles. The van der Waals surface area contributed by atoms with E-state index in [0.29, 0.717) is 0 Å². The lowest BCUT2D eigenvalue weighted by Gasteiger charge is -2.16. The summed E-state index contributed by atoms with van der Waals surface area (Å²) in [7, 11) is 1.26. The molecule has 2 aromatic carbocycles. The molecule has 0 saturated carbocycles. The summed E-state index contributed by atoms with van der Waals surface area (Å²) in [6.07, 6.45) is 4.89. The van der Waals surface area contributed by atoms with E-state index in [2.05, 4.69) is 10.3 Å². The maximum atomic E-state index is 12.3. The number of hydrogen-bond acceptors (Lipinski definition) is 5. The molecule has 1 aromatic heterocycles. The van der Waals surface area contributed by atoms with E-state index in [1.807, 2.05) is 55.5 Å². The fourth-order valence-corrected chi connectivity index (χ4v) is 3.12. The van der Waals surface area contributed by atoms with Gasteiger partial charge in [0.1, 0.15) is 6.04 Å². The molecule has 2 N–H and O–H groups in total. The zero-order valence-corrected chi connectivity index (χ0v) is 17.4. The van der Waals surface area contributed by atoms with E-state index in [4.69, 9.17) is 9.47 Å². The van der Waals surface area contributed by atoms with Crippen molar-refractivity contribution in [1.29, 1.82) is 0 Å². The zero-order chi connectivity index (χ0) is 22.2. The maximum Gasteiger partial charge on any atom is 0.331 e. The average molecular weight is 420 g/mol. The Morgan fingerprint density at radius 2 is 1.84 bits per heavy atom. The Balaban J connectivity index is 1.56. The van der Waals surface area contributed by atoms with Crippen LogP contribution < -0.4 is 5.32 Å². The van der Waals surface area contributed by atoms with Crippen LogP contribution in [0.4, 0.5) is 0 Å². The number of ether oxygens (including phenoxy) is 2. The van der Waals surface area contributed by atoms with Gasteiger partial charge in [-0.15, -0.1) is 0 Å². The molecule has 0 saturated heterocycles. The molecule has 0 unspecified atom stereocenters. The highest BCUT2D eigenvalue weighted by Gasteiger charge is 2.23. The number of carbonyl (C=O) groups is 3. The van der Waals surface area contributed by atoms with Gasteiger partial charge in [-0.1, -0.05) is 48.0 Å². The molecule has 0 radical (unpaired) electrons. The third kappa shape index (κ3) is 6.05. The number of H-pyrrole nitrogens is 1. The van der Waals surface area contributed by atoms with Crippen molar-refractivity contribution in [2.24, 2.45) is 0 Å². The fourth-order valence-electron chi connectivity index (χ4n) is 3.12. The minimum atomic E-state index is -0.904. The van der Waals surface area contributed by atoms with Crippen LogP contribution in [0.5, 0.6) is 0 Å². The Kier molecular flexibility index (Phi) is 7.22. The number of amides is 1. The van der Waals surface area contributed by atoms with Crippen LogP contribution in [0, 0.1) is 6.92 Å². The number of nitrogens with one attached hydrogen (secondary N) is 2. The number of rotatable bonds is 8. The van der Waals surface area contributed by atoms with Gasteiger partial charge in [-0.25, -0.2) is 9.59 Å². The van der Waals surface area contributed by atoms with Gasteiger partial charge in [0.2, 0.25) is 0 Å². The number of para-hydroxylation sites is 1. The Bertz CT molecular complexity index is 1100. The summed E-state index contributed by atoms with van der Waals surface area (Å²) in [5.41, 5.74) is 3.76. The van der Waals surface area contributed by atoms with Crippen molar-refractivity contribution >= 4 is 34.8 Å². The first-order chi connectivity index (χ1) is 15.0. The first kappa shape index (κ1) is 21.8. The number of aromatic amines is 1. The average Bonchev–Trinajstić information content (AvgIpc) is 3.19. The first-order valence-corrected chi connectivity index (χ1v) is 9.80. The highest BCUT2D eigenvalue weighted by atomic mass is 16.5. The minimum Gasteiger partial charge on any atom is -0.467 e. The normalized spacial score (nSPS) is 11.9. The Morgan fingerprint density at radius 3 is 2.58 bits per heavy atom.